The van der Waals surface area contributed by atoms with Crippen LogP contribution in [-0.4, -0.2) is 144 Å². The van der Waals surface area contributed by atoms with Gasteiger partial charge in [0.2, 0.25) is 0 Å². The summed E-state index contributed by atoms with van der Waals surface area (Å²) in [6, 6.07) is 0. The zero-order valence-corrected chi connectivity index (χ0v) is 26.6. The third-order valence-electron chi connectivity index (χ3n) is 7.04. The van der Waals surface area contributed by atoms with Crippen LogP contribution in [0.1, 0.15) is 64.7 Å². The minimum Gasteiger partial charge on any atom is -0.330 e. The monoisotopic (exact) mass is 576 g/mol. The van der Waals surface area contributed by atoms with E-state index in [4.69, 9.17) is 40.1 Å². The second-order valence-electron chi connectivity index (χ2n) is 10.7. The van der Waals surface area contributed by atoms with E-state index < -0.39 is 0 Å². The van der Waals surface area contributed by atoms with Crippen LogP contribution >= 0.6 is 0 Å². The van der Waals surface area contributed by atoms with E-state index in [0.717, 1.165) is 97.8 Å². The van der Waals surface area contributed by atoms with E-state index in [2.05, 4.69) is 26.5 Å². The number of nitrogens with two attached hydrogens (primary N) is 7. The summed E-state index contributed by atoms with van der Waals surface area (Å²) in [6.07, 6.45) is 10.7. The average Bonchev–Trinajstić information content (AvgIpc) is 2.96. The molecular weight excluding hydrogens is 502 g/mol. The van der Waals surface area contributed by atoms with Crippen molar-refractivity contribution >= 4 is 0 Å². The summed E-state index contributed by atoms with van der Waals surface area (Å²) < 4.78 is 0. The third kappa shape index (κ3) is 29.1. The summed E-state index contributed by atoms with van der Waals surface area (Å²) >= 11 is 0. The molecule has 40 heavy (non-hydrogen) atoms. The van der Waals surface area contributed by atoms with Gasteiger partial charge in [-0.1, -0.05) is 13.3 Å². The van der Waals surface area contributed by atoms with Gasteiger partial charge in [0, 0.05) is 52.4 Å². The van der Waals surface area contributed by atoms with E-state index in [-0.39, 0.29) is 0 Å². The Kier molecular flexibility index (Phi) is 36.2. The zero-order valence-electron chi connectivity index (χ0n) is 26.6. The number of hydrogen-bond acceptors (Lipinski definition) is 11. The van der Waals surface area contributed by atoms with Gasteiger partial charge in [-0.15, -0.1) is 0 Å². The minimum absolute atomic E-state index is 0.701. The molecule has 0 bridgehead atoms. The van der Waals surface area contributed by atoms with Crippen molar-refractivity contribution in [3.63, 3.8) is 0 Å². The van der Waals surface area contributed by atoms with Crippen molar-refractivity contribution in [2.75, 3.05) is 124 Å². The molecule has 0 atom stereocenters. The standard InChI is InChI=1S/C17H41N5.C12H32N6/c1-2-3-12-21(15-6-9-18)13-4-5-14-22(16-7-10-19)17-8-11-20;13-3-9-17(10-4-14)7-1-2-8-18(11-5-15)12-6-16/h2-20H2,1H3;1-16H2. The number of rotatable bonds is 30. The van der Waals surface area contributed by atoms with E-state index in [1.807, 2.05) is 0 Å². The third-order valence-corrected chi connectivity index (χ3v) is 7.04. The molecule has 0 aromatic carbocycles. The SMILES string of the molecule is CCCCN(CCCN)CCCCN(CCCN)CCCN.NCCN(CCN)CCCCN(CCN)CCN. The molecule has 0 saturated heterocycles. The molecule has 0 aliphatic heterocycles. The van der Waals surface area contributed by atoms with E-state index in [0.29, 0.717) is 26.2 Å². The Labute approximate surface area is 248 Å². The molecule has 0 spiro atoms. The van der Waals surface area contributed by atoms with E-state index in [1.54, 1.807) is 0 Å². The maximum atomic E-state index is 5.64. The van der Waals surface area contributed by atoms with Gasteiger partial charge in [-0.3, -0.25) is 0 Å². The first-order valence-electron chi connectivity index (χ1n) is 16.4. The highest BCUT2D eigenvalue weighted by atomic mass is 15.1. The largest absolute Gasteiger partial charge is 0.330 e. The van der Waals surface area contributed by atoms with Crippen LogP contribution in [0, 0.1) is 0 Å². The highest BCUT2D eigenvalue weighted by molar-refractivity contribution is 4.64. The van der Waals surface area contributed by atoms with Crippen molar-refractivity contribution in [2.24, 2.45) is 40.1 Å². The summed E-state index contributed by atoms with van der Waals surface area (Å²) in [7, 11) is 0. The van der Waals surface area contributed by atoms with E-state index in [9.17, 15) is 0 Å². The fourth-order valence-corrected chi connectivity index (χ4v) is 4.74. The molecule has 0 amide bonds. The van der Waals surface area contributed by atoms with E-state index >= 15 is 0 Å². The van der Waals surface area contributed by atoms with Gasteiger partial charge < -0.3 is 59.7 Å². The molecule has 0 unspecified atom stereocenters. The quantitative estimate of drug-likeness (QED) is 0.0541. The fourth-order valence-electron chi connectivity index (χ4n) is 4.74. The van der Waals surface area contributed by atoms with Crippen LogP contribution in [0.25, 0.3) is 0 Å². The molecule has 0 aromatic rings. The highest BCUT2D eigenvalue weighted by Gasteiger charge is 2.07. The molecule has 0 aliphatic carbocycles. The Morgan fingerprint density at radius 2 is 0.500 bits per heavy atom. The number of hydrogen-bond donors (Lipinski definition) is 7. The lowest BCUT2D eigenvalue weighted by atomic mass is 10.2. The summed E-state index contributed by atoms with van der Waals surface area (Å²) in [5.41, 5.74) is 39.2. The molecule has 0 radical (unpaired) electrons. The van der Waals surface area contributed by atoms with Crippen LogP contribution in [0.15, 0.2) is 0 Å². The molecule has 0 fully saturated rings. The Bertz CT molecular complexity index is 392. The van der Waals surface area contributed by atoms with Crippen molar-refractivity contribution in [1.29, 1.82) is 0 Å². The van der Waals surface area contributed by atoms with Gasteiger partial charge in [-0.2, -0.15) is 0 Å². The van der Waals surface area contributed by atoms with Crippen LogP contribution < -0.4 is 40.1 Å². The first-order valence-corrected chi connectivity index (χ1v) is 16.4. The molecule has 0 aromatic heterocycles. The Morgan fingerprint density at radius 1 is 0.275 bits per heavy atom. The van der Waals surface area contributed by atoms with Crippen molar-refractivity contribution in [1.82, 2.24) is 19.6 Å². The van der Waals surface area contributed by atoms with Crippen molar-refractivity contribution in [3.05, 3.63) is 0 Å². The first-order chi connectivity index (χ1) is 19.6. The van der Waals surface area contributed by atoms with Gasteiger partial charge in [0.1, 0.15) is 0 Å². The normalized spacial score (nSPS) is 11.7. The second kappa shape index (κ2) is 34.8. The fraction of sp³-hybridized carbons (Fsp3) is 1.00. The lowest BCUT2D eigenvalue weighted by molar-refractivity contribution is 0.236. The number of nitrogens with zero attached hydrogens (tertiary/aromatic N) is 4. The topological polar surface area (TPSA) is 195 Å². The molecular formula is C29H73N11. The van der Waals surface area contributed by atoms with Gasteiger partial charge >= 0.3 is 0 Å². The smallest absolute Gasteiger partial charge is 0.0105 e. The maximum Gasteiger partial charge on any atom is 0.0105 e. The highest BCUT2D eigenvalue weighted by Crippen LogP contribution is 2.03. The molecule has 11 heteroatoms. The Hall–Kier alpha value is -0.440. The summed E-state index contributed by atoms with van der Waals surface area (Å²) in [5, 5.41) is 0. The average molecular weight is 576 g/mol. The lowest BCUT2D eigenvalue weighted by Gasteiger charge is -2.24. The Balaban J connectivity index is 0. The maximum absolute atomic E-state index is 5.64. The predicted octanol–water partition coefficient (Wildman–Crippen LogP) is -0.578. The Morgan fingerprint density at radius 3 is 0.725 bits per heavy atom. The van der Waals surface area contributed by atoms with Crippen LogP contribution in [0.2, 0.25) is 0 Å². The van der Waals surface area contributed by atoms with Gasteiger partial charge in [-0.05, 0) is 123 Å². The first kappa shape index (κ1) is 41.7. The summed E-state index contributed by atoms with van der Waals surface area (Å²) in [5.74, 6) is 0. The van der Waals surface area contributed by atoms with Gasteiger partial charge in [0.05, 0.1) is 0 Å². The molecule has 11 nitrogen and oxygen atoms in total. The van der Waals surface area contributed by atoms with Gasteiger partial charge in [0.15, 0.2) is 0 Å². The summed E-state index contributed by atoms with van der Waals surface area (Å²) in [6.45, 7) is 20.3. The van der Waals surface area contributed by atoms with Crippen LogP contribution in [0.3, 0.4) is 0 Å². The molecule has 14 N–H and O–H groups in total. The molecule has 244 valence electrons. The second-order valence-corrected chi connectivity index (χ2v) is 10.7. The molecule has 0 heterocycles. The molecule has 0 saturated carbocycles. The lowest BCUT2D eigenvalue weighted by Crippen LogP contribution is -2.36. The van der Waals surface area contributed by atoms with Crippen molar-refractivity contribution in [3.8, 4) is 0 Å². The minimum atomic E-state index is 0.701. The van der Waals surface area contributed by atoms with Crippen molar-refractivity contribution < 1.29 is 0 Å². The van der Waals surface area contributed by atoms with Gasteiger partial charge in [0.25, 0.3) is 0 Å². The van der Waals surface area contributed by atoms with Crippen LogP contribution in [0.5, 0.6) is 0 Å². The van der Waals surface area contributed by atoms with E-state index in [1.165, 1.54) is 58.2 Å². The molecule has 0 aliphatic rings. The van der Waals surface area contributed by atoms with Crippen molar-refractivity contribution in [2.45, 2.75) is 64.7 Å². The molecule has 0 rings (SSSR count). The van der Waals surface area contributed by atoms with Crippen LogP contribution in [-0.2, 0) is 0 Å². The van der Waals surface area contributed by atoms with Crippen LogP contribution in [0.4, 0.5) is 0 Å². The summed E-state index contributed by atoms with van der Waals surface area (Å²) in [4.78, 5) is 9.77. The number of unbranched alkanes of at least 4 members (excludes halogenated alkanes) is 3. The predicted molar refractivity (Wildman–Crippen MR) is 176 cm³/mol. The van der Waals surface area contributed by atoms with Gasteiger partial charge in [-0.25, -0.2) is 0 Å². The zero-order chi connectivity index (χ0) is 30.1.